The van der Waals surface area contributed by atoms with E-state index >= 15 is 0 Å². The van der Waals surface area contributed by atoms with Gasteiger partial charge >= 0.3 is 0 Å². The fraction of sp³-hybridized carbons (Fsp3) is 0.308. The standard InChI is InChI=1S/C26H32N8O2S/c1-18-17-19(9-10-22(18)34-15-13-32(2)14-16-34)28-26-30-24-20(11-12-27-24)25(31-26)29-21-7-5-6-8-23(21)33(3)37(4,35)36/h5-12,17H,13-16H2,1-4H3,(H3,27,28,29,30,31). The summed E-state index contributed by atoms with van der Waals surface area (Å²) in [5.74, 6) is 0.993. The molecule has 0 aliphatic carbocycles. The Kier molecular flexibility index (Phi) is 6.65. The number of fused-ring (bicyclic) bond motifs is 1. The summed E-state index contributed by atoms with van der Waals surface area (Å²) in [6, 6.07) is 15.4. The average Bonchev–Trinajstić information content (AvgIpc) is 3.33. The topological polar surface area (TPSA) is 109 Å². The first-order valence-electron chi connectivity index (χ1n) is 12.2. The summed E-state index contributed by atoms with van der Waals surface area (Å²) in [5, 5.41) is 7.45. The van der Waals surface area contributed by atoms with Crippen molar-refractivity contribution in [3.63, 3.8) is 0 Å². The molecule has 5 rings (SSSR count). The van der Waals surface area contributed by atoms with Crippen molar-refractivity contribution < 1.29 is 8.42 Å². The third kappa shape index (κ3) is 5.32. The summed E-state index contributed by atoms with van der Waals surface area (Å²) in [6.07, 6.45) is 2.98. The van der Waals surface area contributed by atoms with Gasteiger partial charge in [-0.25, -0.2) is 8.42 Å². The molecule has 2 aromatic heterocycles. The fourth-order valence-corrected chi connectivity index (χ4v) is 5.03. The predicted molar refractivity (Wildman–Crippen MR) is 151 cm³/mol. The zero-order chi connectivity index (χ0) is 26.2. The number of aryl methyl sites for hydroxylation is 1. The molecule has 1 aliphatic rings. The van der Waals surface area contributed by atoms with Crippen molar-refractivity contribution >= 4 is 55.6 Å². The number of nitrogens with zero attached hydrogens (tertiary/aromatic N) is 5. The van der Waals surface area contributed by atoms with E-state index in [9.17, 15) is 8.42 Å². The second-order valence-corrected chi connectivity index (χ2v) is 11.4. The van der Waals surface area contributed by atoms with Gasteiger partial charge in [0, 0.05) is 50.8 Å². The lowest BCUT2D eigenvalue weighted by atomic mass is 10.1. The van der Waals surface area contributed by atoms with Gasteiger partial charge in [-0.3, -0.25) is 4.31 Å². The first-order chi connectivity index (χ1) is 17.7. The highest BCUT2D eigenvalue weighted by molar-refractivity contribution is 7.92. The molecule has 0 unspecified atom stereocenters. The maximum atomic E-state index is 12.2. The minimum Gasteiger partial charge on any atom is -0.369 e. The molecule has 0 amide bonds. The first-order valence-corrected chi connectivity index (χ1v) is 14.0. The predicted octanol–water partition coefficient (Wildman–Crippen LogP) is 3.90. The molecular weight excluding hydrogens is 488 g/mol. The maximum absolute atomic E-state index is 12.2. The van der Waals surface area contributed by atoms with Gasteiger partial charge in [0.05, 0.1) is 23.0 Å². The van der Waals surface area contributed by atoms with Crippen LogP contribution < -0.4 is 19.8 Å². The molecule has 0 atom stereocenters. The number of sulfonamides is 1. The van der Waals surface area contributed by atoms with Gasteiger partial charge in [-0.15, -0.1) is 0 Å². The maximum Gasteiger partial charge on any atom is 0.232 e. The average molecular weight is 521 g/mol. The molecule has 3 heterocycles. The molecule has 3 N–H and O–H groups in total. The number of aromatic amines is 1. The number of nitrogens with one attached hydrogen (secondary N) is 3. The number of H-pyrrole nitrogens is 1. The normalized spacial score (nSPS) is 14.6. The van der Waals surface area contributed by atoms with Gasteiger partial charge in [0.15, 0.2) is 0 Å². The number of aromatic nitrogens is 3. The van der Waals surface area contributed by atoms with Gasteiger partial charge in [0.1, 0.15) is 11.5 Å². The Labute approximate surface area is 217 Å². The lowest BCUT2D eigenvalue weighted by molar-refractivity contribution is 0.312. The zero-order valence-electron chi connectivity index (χ0n) is 21.5. The Hall–Kier alpha value is -3.83. The molecule has 194 valence electrons. The van der Waals surface area contributed by atoms with E-state index in [1.54, 1.807) is 18.3 Å². The summed E-state index contributed by atoms with van der Waals surface area (Å²) in [6.45, 7) is 6.27. The zero-order valence-corrected chi connectivity index (χ0v) is 22.3. The summed E-state index contributed by atoms with van der Waals surface area (Å²) in [4.78, 5) is 17.3. The van der Waals surface area contributed by atoms with Crippen molar-refractivity contribution in [2.24, 2.45) is 0 Å². The molecule has 1 aliphatic heterocycles. The van der Waals surface area contributed by atoms with E-state index in [0.717, 1.165) is 37.3 Å². The number of anilines is 6. The Morgan fingerprint density at radius 1 is 1.00 bits per heavy atom. The first kappa shape index (κ1) is 24.8. The van der Waals surface area contributed by atoms with E-state index in [2.05, 4.69) is 56.5 Å². The molecular formula is C26H32N8O2S. The van der Waals surface area contributed by atoms with Gasteiger partial charge in [-0.05, 0) is 55.9 Å². The Morgan fingerprint density at radius 2 is 1.76 bits per heavy atom. The van der Waals surface area contributed by atoms with Gasteiger partial charge in [-0.2, -0.15) is 9.97 Å². The second-order valence-electron chi connectivity index (χ2n) is 9.43. The molecule has 10 nitrogen and oxygen atoms in total. The van der Waals surface area contributed by atoms with Crippen LogP contribution in [0.2, 0.25) is 0 Å². The van der Waals surface area contributed by atoms with Crippen molar-refractivity contribution in [2.45, 2.75) is 6.92 Å². The van der Waals surface area contributed by atoms with Crippen LogP contribution >= 0.6 is 0 Å². The lowest BCUT2D eigenvalue weighted by Crippen LogP contribution is -2.44. The molecule has 1 fully saturated rings. The fourth-order valence-electron chi connectivity index (χ4n) is 4.52. The third-order valence-electron chi connectivity index (χ3n) is 6.71. The number of rotatable bonds is 7. The van der Waals surface area contributed by atoms with Crippen LogP contribution in [0.3, 0.4) is 0 Å². The number of likely N-dealkylation sites (N-methyl/N-ethyl adjacent to an activating group) is 1. The highest BCUT2D eigenvalue weighted by Gasteiger charge is 2.18. The van der Waals surface area contributed by atoms with Crippen LogP contribution in [0.5, 0.6) is 0 Å². The summed E-state index contributed by atoms with van der Waals surface area (Å²) in [5.41, 5.74) is 5.14. The Bertz CT molecular complexity index is 1530. The Morgan fingerprint density at radius 3 is 2.49 bits per heavy atom. The number of benzene rings is 2. The van der Waals surface area contributed by atoms with Crippen LogP contribution in [-0.4, -0.2) is 74.8 Å². The molecule has 0 spiro atoms. The van der Waals surface area contributed by atoms with Crippen LogP contribution in [0.25, 0.3) is 11.0 Å². The number of para-hydroxylation sites is 2. The van der Waals surface area contributed by atoms with E-state index < -0.39 is 10.0 Å². The van der Waals surface area contributed by atoms with Gasteiger partial charge < -0.3 is 25.4 Å². The van der Waals surface area contributed by atoms with Gasteiger partial charge in [0.25, 0.3) is 0 Å². The minimum absolute atomic E-state index is 0.429. The van der Waals surface area contributed by atoms with Crippen LogP contribution in [0.15, 0.2) is 54.7 Å². The van der Waals surface area contributed by atoms with Crippen LogP contribution in [-0.2, 0) is 10.0 Å². The second kappa shape index (κ2) is 9.91. The van der Waals surface area contributed by atoms with Crippen LogP contribution in [0.4, 0.5) is 34.5 Å². The lowest BCUT2D eigenvalue weighted by Gasteiger charge is -2.35. The van der Waals surface area contributed by atoms with Crippen molar-refractivity contribution in [2.75, 3.05) is 66.4 Å². The van der Waals surface area contributed by atoms with E-state index in [4.69, 9.17) is 4.98 Å². The molecule has 0 saturated carbocycles. The molecule has 0 bridgehead atoms. The van der Waals surface area contributed by atoms with Crippen LogP contribution in [0.1, 0.15) is 5.56 Å². The van der Waals surface area contributed by atoms with E-state index in [1.165, 1.54) is 28.9 Å². The van der Waals surface area contributed by atoms with Crippen molar-refractivity contribution in [3.8, 4) is 0 Å². The van der Waals surface area contributed by atoms with Crippen molar-refractivity contribution in [1.82, 2.24) is 19.9 Å². The number of hydrogen-bond acceptors (Lipinski definition) is 8. The molecule has 2 aromatic carbocycles. The monoisotopic (exact) mass is 520 g/mol. The summed E-state index contributed by atoms with van der Waals surface area (Å²) >= 11 is 0. The van der Waals surface area contributed by atoms with Gasteiger partial charge in [-0.1, -0.05) is 12.1 Å². The number of piperazine rings is 1. The van der Waals surface area contributed by atoms with Gasteiger partial charge in [0.2, 0.25) is 16.0 Å². The van der Waals surface area contributed by atoms with Crippen molar-refractivity contribution in [1.29, 1.82) is 0 Å². The van der Waals surface area contributed by atoms with Crippen LogP contribution in [0, 0.1) is 6.92 Å². The SMILES string of the molecule is Cc1cc(Nc2nc(Nc3ccccc3N(C)S(C)(=O)=O)c3cc[nH]c3n2)ccc1N1CCN(C)CC1. The quantitative estimate of drug-likeness (QED) is 0.337. The number of hydrogen-bond donors (Lipinski definition) is 3. The molecule has 4 aromatic rings. The molecule has 0 radical (unpaired) electrons. The van der Waals surface area contributed by atoms with Crippen molar-refractivity contribution in [3.05, 3.63) is 60.3 Å². The van der Waals surface area contributed by atoms with E-state index in [-0.39, 0.29) is 0 Å². The Balaban J connectivity index is 1.43. The summed E-state index contributed by atoms with van der Waals surface area (Å²) in [7, 11) is 0.254. The van der Waals surface area contributed by atoms with E-state index in [1.807, 2.05) is 24.3 Å². The largest absolute Gasteiger partial charge is 0.369 e. The highest BCUT2D eigenvalue weighted by atomic mass is 32.2. The molecule has 11 heteroatoms. The highest BCUT2D eigenvalue weighted by Crippen LogP contribution is 2.32. The summed E-state index contributed by atoms with van der Waals surface area (Å²) < 4.78 is 25.6. The minimum atomic E-state index is -3.43. The molecule has 1 saturated heterocycles. The molecule has 37 heavy (non-hydrogen) atoms. The smallest absolute Gasteiger partial charge is 0.232 e. The third-order valence-corrected chi connectivity index (χ3v) is 7.90. The van der Waals surface area contributed by atoms with E-state index in [0.29, 0.717) is 28.8 Å².